The summed E-state index contributed by atoms with van der Waals surface area (Å²) >= 11 is 1.74. The Morgan fingerprint density at radius 1 is 1.10 bits per heavy atom. The molecule has 6 nitrogen and oxygen atoms in total. The lowest BCUT2D eigenvalue weighted by atomic mass is 9.54. The molecule has 0 aliphatic heterocycles. The van der Waals surface area contributed by atoms with E-state index in [4.69, 9.17) is 9.26 Å². The van der Waals surface area contributed by atoms with E-state index in [0.717, 1.165) is 23.3 Å². The van der Waals surface area contributed by atoms with Crippen LogP contribution in [0.4, 0.5) is 0 Å². The summed E-state index contributed by atoms with van der Waals surface area (Å²) in [6.07, 6.45) is 12.8. The summed E-state index contributed by atoms with van der Waals surface area (Å²) in [7, 11) is 1.90. The van der Waals surface area contributed by atoms with Crippen molar-refractivity contribution in [3.63, 3.8) is 0 Å². The van der Waals surface area contributed by atoms with Crippen molar-refractivity contribution in [1.82, 2.24) is 15.8 Å². The molecule has 0 aromatic carbocycles. The van der Waals surface area contributed by atoms with Gasteiger partial charge in [0, 0.05) is 17.8 Å². The fourth-order valence-corrected chi connectivity index (χ4v) is 7.92. The van der Waals surface area contributed by atoms with Gasteiger partial charge in [0.1, 0.15) is 11.5 Å². The van der Waals surface area contributed by atoms with Crippen LogP contribution in [0.2, 0.25) is 0 Å². The highest BCUT2D eigenvalue weighted by Crippen LogP contribution is 2.53. The summed E-state index contributed by atoms with van der Waals surface area (Å²) in [6, 6.07) is 0.302. The zero-order valence-corrected chi connectivity index (χ0v) is 18.8. The second-order valence-corrected chi connectivity index (χ2v) is 11.2. The number of aromatic nitrogens is 1. The molecule has 0 radical (unpaired) electrons. The Hall–Kier alpha value is -1.21. The highest BCUT2D eigenvalue weighted by Gasteiger charge is 2.49. The van der Waals surface area contributed by atoms with Gasteiger partial charge in [0.15, 0.2) is 0 Å². The number of carbonyl (C=O) groups excluding carboxylic acids is 1. The molecule has 5 aliphatic carbocycles. The molecule has 5 fully saturated rings. The van der Waals surface area contributed by atoms with E-state index in [2.05, 4.69) is 15.8 Å². The molecule has 2 N–H and O–H groups in total. The molecule has 4 bridgehead atoms. The van der Waals surface area contributed by atoms with Gasteiger partial charge in [-0.2, -0.15) is 0 Å². The first-order chi connectivity index (χ1) is 14.7. The largest absolute Gasteiger partial charge is 0.473 e. The molecule has 0 atom stereocenters. The van der Waals surface area contributed by atoms with Gasteiger partial charge in [-0.05, 0) is 80.8 Å². The molecule has 166 valence electrons. The molecule has 0 spiro atoms. The van der Waals surface area contributed by atoms with Crippen LogP contribution in [0.25, 0.3) is 0 Å². The van der Waals surface area contributed by atoms with Crippen molar-refractivity contribution in [2.24, 2.45) is 23.7 Å². The van der Waals surface area contributed by atoms with Crippen LogP contribution < -0.4 is 15.4 Å². The smallest absolute Gasteiger partial charge is 0.291 e. The molecule has 7 heteroatoms. The average molecular weight is 434 g/mol. The maximum Gasteiger partial charge on any atom is 0.291 e. The highest BCUT2D eigenvalue weighted by atomic mass is 32.2. The van der Waals surface area contributed by atoms with Gasteiger partial charge in [-0.1, -0.05) is 19.3 Å². The number of ether oxygens (including phenoxy) is 1. The number of nitrogens with one attached hydrogen (secondary N) is 2. The molecule has 1 heterocycles. The first-order valence-electron chi connectivity index (χ1n) is 12.0. The van der Waals surface area contributed by atoms with Crippen molar-refractivity contribution in [2.75, 3.05) is 20.2 Å². The second-order valence-electron chi connectivity index (χ2n) is 9.91. The zero-order chi connectivity index (χ0) is 20.5. The molecule has 0 saturated heterocycles. The van der Waals surface area contributed by atoms with Crippen molar-refractivity contribution in [1.29, 1.82) is 0 Å². The third-order valence-electron chi connectivity index (χ3n) is 7.78. The Balaban J connectivity index is 1.31. The SMILES string of the molecule is CNCCOc1noc(C(=O)NC2C3CC4CC(C3)CC2C4)c1SC1CCCCC1. The predicted octanol–water partition coefficient (Wildman–Crippen LogP) is 4.25. The van der Waals surface area contributed by atoms with Gasteiger partial charge in [-0.15, -0.1) is 11.8 Å². The summed E-state index contributed by atoms with van der Waals surface area (Å²) in [6.45, 7) is 1.24. The molecule has 6 rings (SSSR count). The van der Waals surface area contributed by atoms with Crippen molar-refractivity contribution in [2.45, 2.75) is 80.4 Å². The number of rotatable bonds is 8. The van der Waals surface area contributed by atoms with E-state index in [0.29, 0.717) is 41.4 Å². The third-order valence-corrected chi connectivity index (χ3v) is 9.18. The van der Waals surface area contributed by atoms with Crippen molar-refractivity contribution in [3.8, 4) is 5.88 Å². The summed E-state index contributed by atoms with van der Waals surface area (Å²) in [5.74, 6) is 3.84. The van der Waals surface area contributed by atoms with Crippen molar-refractivity contribution < 1.29 is 14.1 Å². The summed E-state index contributed by atoms with van der Waals surface area (Å²) < 4.78 is 11.5. The van der Waals surface area contributed by atoms with Gasteiger partial charge in [0.2, 0.25) is 5.76 Å². The number of hydrogen-bond donors (Lipinski definition) is 2. The Bertz CT molecular complexity index is 718. The second kappa shape index (κ2) is 9.11. The number of carbonyl (C=O) groups is 1. The molecule has 1 amide bonds. The maximum absolute atomic E-state index is 13.3. The number of likely N-dealkylation sites (N-methyl/N-ethyl adjacent to an activating group) is 1. The lowest BCUT2D eigenvalue weighted by Gasteiger charge is -2.54. The van der Waals surface area contributed by atoms with Crippen molar-refractivity contribution in [3.05, 3.63) is 5.76 Å². The van der Waals surface area contributed by atoms with Gasteiger partial charge < -0.3 is 19.9 Å². The standard InChI is InChI=1S/C23H35N3O3S/c1-24-7-8-28-23-21(30-18-5-3-2-4-6-18)20(29-26-23)22(27)25-19-16-10-14-9-15(12-16)13-17(19)11-14/h14-19,24H,2-13H2,1H3,(H,25,27). The topological polar surface area (TPSA) is 76.4 Å². The molecular weight excluding hydrogens is 398 g/mol. The molecule has 1 aromatic rings. The lowest BCUT2D eigenvalue weighted by Crippen LogP contribution is -2.55. The van der Waals surface area contributed by atoms with Gasteiger partial charge in [0.25, 0.3) is 11.8 Å². The number of amides is 1. The van der Waals surface area contributed by atoms with E-state index in [1.54, 1.807) is 11.8 Å². The molecule has 1 aromatic heterocycles. The van der Waals surface area contributed by atoms with Crippen LogP contribution in [0.5, 0.6) is 5.88 Å². The highest BCUT2D eigenvalue weighted by molar-refractivity contribution is 8.00. The Kier molecular flexibility index (Phi) is 6.28. The predicted molar refractivity (Wildman–Crippen MR) is 117 cm³/mol. The maximum atomic E-state index is 13.3. The van der Waals surface area contributed by atoms with Crippen LogP contribution >= 0.6 is 11.8 Å². The fourth-order valence-electron chi connectivity index (χ4n) is 6.58. The van der Waals surface area contributed by atoms with Crippen LogP contribution in [0.15, 0.2) is 9.42 Å². The molecule has 30 heavy (non-hydrogen) atoms. The fraction of sp³-hybridized carbons (Fsp3) is 0.826. The normalized spacial score (nSPS) is 33.0. The quantitative estimate of drug-likeness (QED) is 0.597. The van der Waals surface area contributed by atoms with Gasteiger partial charge in [-0.25, -0.2) is 0 Å². The summed E-state index contributed by atoms with van der Waals surface area (Å²) in [4.78, 5) is 14.1. The summed E-state index contributed by atoms with van der Waals surface area (Å²) in [5, 5.41) is 11.1. The Morgan fingerprint density at radius 2 is 1.80 bits per heavy atom. The number of hydrogen-bond acceptors (Lipinski definition) is 6. The van der Waals surface area contributed by atoms with Crippen LogP contribution in [-0.4, -0.2) is 42.6 Å². The molecule has 0 unspecified atom stereocenters. The number of nitrogens with zero attached hydrogens (tertiary/aromatic N) is 1. The van der Waals surface area contributed by atoms with Crippen LogP contribution in [-0.2, 0) is 0 Å². The molecular formula is C23H35N3O3S. The first-order valence-corrected chi connectivity index (χ1v) is 12.8. The minimum atomic E-state index is -0.0956. The molecule has 5 aliphatic rings. The Morgan fingerprint density at radius 3 is 2.47 bits per heavy atom. The van der Waals surface area contributed by atoms with Crippen LogP contribution in [0, 0.1) is 23.7 Å². The number of thioether (sulfide) groups is 1. The third kappa shape index (κ3) is 4.24. The van der Waals surface area contributed by atoms with Gasteiger partial charge >= 0.3 is 0 Å². The van der Waals surface area contributed by atoms with Gasteiger partial charge in [-0.3, -0.25) is 4.79 Å². The average Bonchev–Trinajstić information content (AvgIpc) is 3.13. The summed E-state index contributed by atoms with van der Waals surface area (Å²) in [5.41, 5.74) is 0. The lowest BCUT2D eigenvalue weighted by molar-refractivity contribution is -0.0124. The zero-order valence-electron chi connectivity index (χ0n) is 18.0. The van der Waals surface area contributed by atoms with E-state index in [1.165, 1.54) is 64.2 Å². The van der Waals surface area contributed by atoms with Gasteiger partial charge in [0.05, 0.1) is 0 Å². The van der Waals surface area contributed by atoms with E-state index in [-0.39, 0.29) is 5.91 Å². The molecule has 5 saturated carbocycles. The van der Waals surface area contributed by atoms with E-state index >= 15 is 0 Å². The Labute approximate surface area is 183 Å². The van der Waals surface area contributed by atoms with Crippen molar-refractivity contribution >= 4 is 17.7 Å². The van der Waals surface area contributed by atoms with E-state index < -0.39 is 0 Å². The monoisotopic (exact) mass is 433 g/mol. The van der Waals surface area contributed by atoms with Crippen LogP contribution in [0.3, 0.4) is 0 Å². The minimum Gasteiger partial charge on any atom is -0.473 e. The first kappa shape index (κ1) is 20.7. The van der Waals surface area contributed by atoms with E-state index in [1.807, 2.05) is 7.05 Å². The minimum absolute atomic E-state index is 0.0956. The van der Waals surface area contributed by atoms with Crippen LogP contribution in [0.1, 0.15) is 74.8 Å². The van der Waals surface area contributed by atoms with E-state index in [9.17, 15) is 4.79 Å².